The summed E-state index contributed by atoms with van der Waals surface area (Å²) < 4.78 is 5.83. The number of piperidine rings is 1. The molecule has 2 aromatic rings. The Morgan fingerprint density at radius 1 is 1.29 bits per heavy atom. The molecule has 0 saturated carbocycles. The Labute approximate surface area is 142 Å². The zero-order chi connectivity index (χ0) is 16.8. The molecule has 5 nitrogen and oxygen atoms in total. The Hall–Kier alpha value is -2.14. The molecule has 0 bridgehead atoms. The molecule has 24 heavy (non-hydrogen) atoms. The average Bonchev–Trinajstić information content (AvgIpc) is 2.62. The molecule has 2 heterocycles. The van der Waals surface area contributed by atoms with Crippen LogP contribution >= 0.6 is 0 Å². The first kappa shape index (κ1) is 16.7. The molecular weight excluding hydrogens is 302 g/mol. The van der Waals surface area contributed by atoms with Crippen molar-refractivity contribution in [1.82, 2.24) is 15.5 Å². The van der Waals surface area contributed by atoms with Crippen molar-refractivity contribution in [1.29, 1.82) is 0 Å². The number of rotatable bonds is 6. The highest BCUT2D eigenvalue weighted by Gasteiger charge is 2.12. The van der Waals surface area contributed by atoms with E-state index in [9.17, 15) is 4.79 Å². The zero-order valence-corrected chi connectivity index (χ0v) is 14.2. The standard InChI is InChI=1S/C19H25N3O2/c1-14-12-18(21-22-19(14)23)16-6-8-17(9-7-16)24-11-3-5-15-4-2-10-20-13-15/h6-9,12,15,20H,2-5,10-11,13H2,1H3,(H,22,23). The quantitative estimate of drug-likeness (QED) is 0.801. The fourth-order valence-corrected chi connectivity index (χ4v) is 3.10. The number of nitrogens with zero attached hydrogens (tertiary/aromatic N) is 1. The van der Waals surface area contributed by atoms with Gasteiger partial charge in [-0.3, -0.25) is 4.79 Å². The Morgan fingerprint density at radius 3 is 2.83 bits per heavy atom. The van der Waals surface area contributed by atoms with E-state index in [0.717, 1.165) is 42.5 Å². The molecule has 3 rings (SSSR count). The van der Waals surface area contributed by atoms with Crippen LogP contribution in [0.4, 0.5) is 0 Å². The van der Waals surface area contributed by atoms with Crippen LogP contribution in [0.25, 0.3) is 11.3 Å². The third-order valence-electron chi connectivity index (χ3n) is 4.56. The minimum atomic E-state index is -0.146. The number of aromatic nitrogens is 2. The van der Waals surface area contributed by atoms with Crippen LogP contribution in [0.1, 0.15) is 31.2 Å². The molecular formula is C19H25N3O2. The van der Waals surface area contributed by atoms with Crippen LogP contribution in [0.2, 0.25) is 0 Å². The summed E-state index contributed by atoms with van der Waals surface area (Å²) in [5.74, 6) is 1.68. The van der Waals surface area contributed by atoms with Gasteiger partial charge in [-0.1, -0.05) is 0 Å². The van der Waals surface area contributed by atoms with Crippen molar-refractivity contribution in [3.63, 3.8) is 0 Å². The number of hydrogen-bond acceptors (Lipinski definition) is 4. The van der Waals surface area contributed by atoms with Crippen LogP contribution in [-0.2, 0) is 0 Å². The molecule has 1 aromatic carbocycles. The van der Waals surface area contributed by atoms with Crippen molar-refractivity contribution < 1.29 is 4.74 Å². The van der Waals surface area contributed by atoms with E-state index in [1.165, 1.54) is 25.8 Å². The average molecular weight is 327 g/mol. The first-order valence-corrected chi connectivity index (χ1v) is 8.72. The number of benzene rings is 1. The van der Waals surface area contributed by atoms with Crippen molar-refractivity contribution in [3.05, 3.63) is 46.2 Å². The Kier molecular flexibility index (Phi) is 5.64. The van der Waals surface area contributed by atoms with Crippen molar-refractivity contribution in [2.75, 3.05) is 19.7 Å². The number of hydrogen-bond donors (Lipinski definition) is 2. The van der Waals surface area contributed by atoms with Gasteiger partial charge >= 0.3 is 0 Å². The van der Waals surface area contributed by atoms with Gasteiger partial charge in [0.05, 0.1) is 12.3 Å². The van der Waals surface area contributed by atoms with E-state index in [2.05, 4.69) is 15.5 Å². The smallest absolute Gasteiger partial charge is 0.267 e. The predicted molar refractivity (Wildman–Crippen MR) is 95.4 cm³/mol. The lowest BCUT2D eigenvalue weighted by Crippen LogP contribution is -2.29. The molecule has 0 spiro atoms. The maximum atomic E-state index is 11.4. The maximum absolute atomic E-state index is 11.4. The van der Waals surface area contributed by atoms with Crippen LogP contribution in [0.15, 0.2) is 35.1 Å². The summed E-state index contributed by atoms with van der Waals surface area (Å²) in [4.78, 5) is 11.4. The lowest BCUT2D eigenvalue weighted by Gasteiger charge is -2.22. The first-order chi connectivity index (χ1) is 11.7. The van der Waals surface area contributed by atoms with Crippen molar-refractivity contribution in [3.8, 4) is 17.0 Å². The molecule has 1 saturated heterocycles. The molecule has 1 unspecified atom stereocenters. The van der Waals surface area contributed by atoms with Gasteiger partial charge in [0.2, 0.25) is 0 Å². The monoisotopic (exact) mass is 327 g/mol. The molecule has 1 atom stereocenters. The van der Waals surface area contributed by atoms with Gasteiger partial charge in [-0.15, -0.1) is 0 Å². The van der Waals surface area contributed by atoms with Crippen molar-refractivity contribution >= 4 is 0 Å². The second-order valence-electron chi connectivity index (χ2n) is 6.49. The van der Waals surface area contributed by atoms with Gasteiger partial charge in [0, 0.05) is 11.1 Å². The van der Waals surface area contributed by atoms with Gasteiger partial charge in [0.1, 0.15) is 5.75 Å². The van der Waals surface area contributed by atoms with Crippen LogP contribution in [0.3, 0.4) is 0 Å². The fourth-order valence-electron chi connectivity index (χ4n) is 3.10. The van der Waals surface area contributed by atoms with Crippen LogP contribution in [0.5, 0.6) is 5.75 Å². The fraction of sp³-hybridized carbons (Fsp3) is 0.474. The van der Waals surface area contributed by atoms with Gasteiger partial charge < -0.3 is 10.1 Å². The molecule has 2 N–H and O–H groups in total. The third kappa shape index (κ3) is 4.45. The van der Waals surface area contributed by atoms with Gasteiger partial charge in [0.15, 0.2) is 0 Å². The lowest BCUT2D eigenvalue weighted by molar-refractivity contribution is 0.275. The summed E-state index contributed by atoms with van der Waals surface area (Å²) in [6.07, 6.45) is 4.96. The van der Waals surface area contributed by atoms with Crippen molar-refractivity contribution in [2.24, 2.45) is 5.92 Å². The number of nitrogens with one attached hydrogen (secondary N) is 2. The Morgan fingerprint density at radius 2 is 2.12 bits per heavy atom. The normalized spacial score (nSPS) is 17.6. The van der Waals surface area contributed by atoms with Crippen LogP contribution in [0, 0.1) is 12.8 Å². The summed E-state index contributed by atoms with van der Waals surface area (Å²) in [5.41, 5.74) is 2.25. The zero-order valence-electron chi connectivity index (χ0n) is 14.2. The topological polar surface area (TPSA) is 67.0 Å². The molecule has 5 heteroatoms. The second kappa shape index (κ2) is 8.11. The molecule has 1 aromatic heterocycles. The lowest BCUT2D eigenvalue weighted by atomic mass is 9.95. The minimum absolute atomic E-state index is 0.146. The number of aryl methyl sites for hydroxylation is 1. The van der Waals surface area contributed by atoms with Crippen LogP contribution in [-0.4, -0.2) is 29.9 Å². The van der Waals surface area contributed by atoms with Gasteiger partial charge in [-0.25, -0.2) is 5.10 Å². The molecule has 0 aliphatic carbocycles. The van der Waals surface area contributed by atoms with E-state index < -0.39 is 0 Å². The molecule has 1 aliphatic rings. The molecule has 0 radical (unpaired) electrons. The maximum Gasteiger partial charge on any atom is 0.267 e. The molecule has 128 valence electrons. The highest BCUT2D eigenvalue weighted by molar-refractivity contribution is 5.59. The van der Waals surface area contributed by atoms with E-state index in [-0.39, 0.29) is 5.56 Å². The summed E-state index contributed by atoms with van der Waals surface area (Å²) >= 11 is 0. The molecule has 1 fully saturated rings. The van der Waals surface area contributed by atoms with Crippen molar-refractivity contribution in [2.45, 2.75) is 32.6 Å². The highest BCUT2D eigenvalue weighted by atomic mass is 16.5. The van der Waals surface area contributed by atoms with Crippen LogP contribution < -0.4 is 15.6 Å². The van der Waals surface area contributed by atoms with Gasteiger partial charge in [-0.05, 0) is 81.9 Å². The van der Waals surface area contributed by atoms with E-state index in [0.29, 0.717) is 5.56 Å². The number of ether oxygens (including phenoxy) is 1. The first-order valence-electron chi connectivity index (χ1n) is 8.72. The predicted octanol–water partition coefficient (Wildman–Crippen LogP) is 2.90. The van der Waals surface area contributed by atoms with E-state index >= 15 is 0 Å². The molecule has 1 aliphatic heterocycles. The summed E-state index contributed by atoms with van der Waals surface area (Å²) in [7, 11) is 0. The summed E-state index contributed by atoms with van der Waals surface area (Å²) in [6.45, 7) is 4.86. The van der Waals surface area contributed by atoms with Gasteiger partial charge in [0.25, 0.3) is 5.56 Å². The Balaban J connectivity index is 1.49. The van der Waals surface area contributed by atoms with E-state index in [1.807, 2.05) is 24.3 Å². The second-order valence-corrected chi connectivity index (χ2v) is 6.49. The van der Waals surface area contributed by atoms with E-state index in [4.69, 9.17) is 4.74 Å². The largest absolute Gasteiger partial charge is 0.494 e. The SMILES string of the molecule is Cc1cc(-c2ccc(OCCCC3CCCNC3)cc2)n[nH]c1=O. The Bertz CT molecular complexity index is 703. The summed E-state index contributed by atoms with van der Waals surface area (Å²) in [6, 6.07) is 9.66. The summed E-state index contributed by atoms with van der Waals surface area (Å²) in [5, 5.41) is 10.0. The molecule has 0 amide bonds. The minimum Gasteiger partial charge on any atom is -0.494 e. The number of H-pyrrole nitrogens is 1. The van der Waals surface area contributed by atoms with E-state index in [1.54, 1.807) is 13.0 Å². The van der Waals surface area contributed by atoms with Gasteiger partial charge in [-0.2, -0.15) is 5.10 Å². The third-order valence-corrected chi connectivity index (χ3v) is 4.56. The number of aromatic amines is 1. The highest BCUT2D eigenvalue weighted by Crippen LogP contribution is 2.21.